The van der Waals surface area contributed by atoms with E-state index in [1.54, 1.807) is 16.8 Å². The maximum absolute atomic E-state index is 13.1. The molecular formula is C18H16F3N5O. The molecule has 1 aromatic heterocycles. The van der Waals surface area contributed by atoms with E-state index in [-0.39, 0.29) is 17.3 Å². The van der Waals surface area contributed by atoms with Gasteiger partial charge in [0.2, 0.25) is 0 Å². The lowest BCUT2D eigenvalue weighted by Gasteiger charge is -2.14. The van der Waals surface area contributed by atoms with E-state index in [4.69, 9.17) is 0 Å². The number of carbonyl (C=O) groups is 1. The fraction of sp³-hybridized carbons (Fsp3) is 0.222. The SMILES string of the molecule is CC(C)n1nnnc1-c1cccc(C(=O)Nc2ccccc2C(F)(F)F)c1. The molecule has 0 saturated heterocycles. The molecule has 0 spiro atoms. The molecule has 3 aromatic rings. The van der Waals surface area contributed by atoms with Crippen LogP contribution in [0, 0.1) is 0 Å². The van der Waals surface area contributed by atoms with Crippen molar-refractivity contribution in [2.75, 3.05) is 5.32 Å². The molecule has 2 aromatic carbocycles. The van der Waals surface area contributed by atoms with Crippen molar-refractivity contribution in [2.24, 2.45) is 0 Å². The smallest absolute Gasteiger partial charge is 0.321 e. The van der Waals surface area contributed by atoms with Gasteiger partial charge in [-0.3, -0.25) is 4.79 Å². The van der Waals surface area contributed by atoms with E-state index in [0.717, 1.165) is 6.07 Å². The third-order valence-electron chi connectivity index (χ3n) is 3.85. The Morgan fingerprint density at radius 2 is 1.85 bits per heavy atom. The number of tetrazole rings is 1. The van der Waals surface area contributed by atoms with Crippen LogP contribution in [-0.2, 0) is 6.18 Å². The first-order chi connectivity index (χ1) is 12.8. The van der Waals surface area contributed by atoms with Crippen molar-refractivity contribution in [1.82, 2.24) is 20.2 Å². The van der Waals surface area contributed by atoms with Gasteiger partial charge in [-0.2, -0.15) is 13.2 Å². The van der Waals surface area contributed by atoms with Crippen molar-refractivity contribution in [3.8, 4) is 11.4 Å². The monoisotopic (exact) mass is 375 g/mol. The van der Waals surface area contributed by atoms with Gasteiger partial charge < -0.3 is 5.32 Å². The number of para-hydroxylation sites is 1. The van der Waals surface area contributed by atoms with Gasteiger partial charge in [0.1, 0.15) is 0 Å². The van der Waals surface area contributed by atoms with Crippen LogP contribution in [0.25, 0.3) is 11.4 Å². The van der Waals surface area contributed by atoms with E-state index in [2.05, 4.69) is 20.8 Å². The molecule has 0 aliphatic heterocycles. The molecule has 27 heavy (non-hydrogen) atoms. The van der Waals surface area contributed by atoms with Gasteiger partial charge in [0.05, 0.1) is 17.3 Å². The summed E-state index contributed by atoms with van der Waals surface area (Å²) in [5.74, 6) is -0.188. The van der Waals surface area contributed by atoms with Crippen molar-refractivity contribution in [3.05, 3.63) is 59.7 Å². The number of aromatic nitrogens is 4. The fourth-order valence-electron chi connectivity index (χ4n) is 2.56. The highest BCUT2D eigenvalue weighted by molar-refractivity contribution is 6.05. The number of rotatable bonds is 4. The number of halogens is 3. The Bertz CT molecular complexity index is 965. The Morgan fingerprint density at radius 3 is 2.56 bits per heavy atom. The number of nitrogens with zero attached hydrogens (tertiary/aromatic N) is 4. The van der Waals surface area contributed by atoms with E-state index in [1.165, 1.54) is 30.3 Å². The summed E-state index contributed by atoms with van der Waals surface area (Å²) in [6, 6.07) is 11.2. The Labute approximate surface area is 153 Å². The minimum absolute atomic E-state index is 0.00569. The lowest BCUT2D eigenvalue weighted by molar-refractivity contribution is -0.136. The van der Waals surface area contributed by atoms with Crippen LogP contribution in [0.4, 0.5) is 18.9 Å². The van der Waals surface area contributed by atoms with Gasteiger partial charge in [-0.15, -0.1) is 5.10 Å². The minimum atomic E-state index is -4.56. The molecule has 0 unspecified atom stereocenters. The van der Waals surface area contributed by atoms with Crippen LogP contribution >= 0.6 is 0 Å². The van der Waals surface area contributed by atoms with Crippen LogP contribution in [0.3, 0.4) is 0 Å². The molecule has 0 atom stereocenters. The Kier molecular flexibility index (Phi) is 4.93. The van der Waals surface area contributed by atoms with Crippen molar-refractivity contribution in [3.63, 3.8) is 0 Å². The van der Waals surface area contributed by atoms with Crippen LogP contribution < -0.4 is 5.32 Å². The average molecular weight is 375 g/mol. The van der Waals surface area contributed by atoms with Gasteiger partial charge in [-0.25, -0.2) is 4.68 Å². The Balaban J connectivity index is 1.91. The summed E-state index contributed by atoms with van der Waals surface area (Å²) < 4.78 is 40.9. The molecule has 1 amide bonds. The van der Waals surface area contributed by atoms with Gasteiger partial charge in [0.25, 0.3) is 5.91 Å². The molecular weight excluding hydrogens is 359 g/mol. The predicted molar refractivity (Wildman–Crippen MR) is 93.0 cm³/mol. The summed E-state index contributed by atoms with van der Waals surface area (Å²) in [7, 11) is 0. The summed E-state index contributed by atoms with van der Waals surface area (Å²) in [5.41, 5.74) is -0.418. The third-order valence-corrected chi connectivity index (χ3v) is 3.85. The molecule has 0 saturated carbocycles. The predicted octanol–water partition coefficient (Wildman–Crippen LogP) is 4.19. The Hall–Kier alpha value is -3.23. The number of nitrogens with one attached hydrogen (secondary N) is 1. The first kappa shape index (κ1) is 18.6. The number of amides is 1. The van der Waals surface area contributed by atoms with Gasteiger partial charge in [-0.05, 0) is 48.5 Å². The first-order valence-electron chi connectivity index (χ1n) is 8.13. The van der Waals surface area contributed by atoms with Gasteiger partial charge in [0.15, 0.2) is 5.82 Å². The molecule has 0 aliphatic rings. The zero-order valence-electron chi connectivity index (χ0n) is 14.5. The van der Waals surface area contributed by atoms with E-state index >= 15 is 0 Å². The van der Waals surface area contributed by atoms with Crippen LogP contribution in [-0.4, -0.2) is 26.1 Å². The van der Waals surface area contributed by atoms with Crippen LogP contribution in [0.2, 0.25) is 0 Å². The number of benzene rings is 2. The average Bonchev–Trinajstić information content (AvgIpc) is 3.11. The standard InChI is InChI=1S/C18H16F3N5O/c1-11(2)26-16(23-24-25-26)12-6-5-7-13(10-12)17(27)22-15-9-4-3-8-14(15)18(19,20)21/h3-11H,1-2H3,(H,22,27). The van der Waals surface area contributed by atoms with Crippen LogP contribution in [0.15, 0.2) is 48.5 Å². The first-order valence-corrected chi connectivity index (χ1v) is 8.13. The number of anilines is 1. The largest absolute Gasteiger partial charge is 0.418 e. The zero-order chi connectivity index (χ0) is 19.6. The van der Waals surface area contributed by atoms with E-state index in [0.29, 0.717) is 11.4 Å². The quantitative estimate of drug-likeness (QED) is 0.742. The summed E-state index contributed by atoms with van der Waals surface area (Å²) in [6.45, 7) is 3.81. The molecule has 3 rings (SSSR count). The number of alkyl halides is 3. The number of hydrogen-bond donors (Lipinski definition) is 1. The number of hydrogen-bond acceptors (Lipinski definition) is 4. The third kappa shape index (κ3) is 3.97. The minimum Gasteiger partial charge on any atom is -0.321 e. The molecule has 1 N–H and O–H groups in total. The molecule has 0 bridgehead atoms. The molecule has 9 heteroatoms. The second-order valence-electron chi connectivity index (χ2n) is 6.12. The Morgan fingerprint density at radius 1 is 1.11 bits per heavy atom. The maximum atomic E-state index is 13.1. The molecule has 1 heterocycles. The highest BCUT2D eigenvalue weighted by Gasteiger charge is 2.33. The second kappa shape index (κ2) is 7.18. The van der Waals surface area contributed by atoms with Crippen molar-refractivity contribution < 1.29 is 18.0 Å². The van der Waals surface area contributed by atoms with Crippen LogP contribution in [0.5, 0.6) is 0 Å². The highest BCUT2D eigenvalue weighted by atomic mass is 19.4. The van der Waals surface area contributed by atoms with E-state index in [9.17, 15) is 18.0 Å². The molecule has 6 nitrogen and oxygen atoms in total. The van der Waals surface area contributed by atoms with Crippen molar-refractivity contribution in [1.29, 1.82) is 0 Å². The van der Waals surface area contributed by atoms with E-state index in [1.807, 2.05) is 13.8 Å². The summed E-state index contributed by atoms with van der Waals surface area (Å²) in [6.07, 6.45) is -4.56. The van der Waals surface area contributed by atoms with E-state index < -0.39 is 17.6 Å². The van der Waals surface area contributed by atoms with Gasteiger partial charge >= 0.3 is 6.18 Å². The number of carbonyl (C=O) groups excluding carboxylic acids is 1. The lowest BCUT2D eigenvalue weighted by Crippen LogP contribution is -2.16. The molecule has 0 radical (unpaired) electrons. The molecule has 0 aliphatic carbocycles. The maximum Gasteiger partial charge on any atom is 0.418 e. The highest BCUT2D eigenvalue weighted by Crippen LogP contribution is 2.34. The summed E-state index contributed by atoms with van der Waals surface area (Å²) >= 11 is 0. The van der Waals surface area contributed by atoms with Crippen molar-refractivity contribution in [2.45, 2.75) is 26.1 Å². The fourth-order valence-corrected chi connectivity index (χ4v) is 2.56. The van der Waals surface area contributed by atoms with Gasteiger partial charge in [-0.1, -0.05) is 24.3 Å². The normalized spacial score (nSPS) is 11.6. The summed E-state index contributed by atoms with van der Waals surface area (Å²) in [5, 5.41) is 13.8. The van der Waals surface area contributed by atoms with Crippen molar-refractivity contribution >= 4 is 11.6 Å². The molecule has 0 fully saturated rings. The van der Waals surface area contributed by atoms with Gasteiger partial charge in [0, 0.05) is 11.1 Å². The lowest BCUT2D eigenvalue weighted by atomic mass is 10.1. The summed E-state index contributed by atoms with van der Waals surface area (Å²) in [4.78, 5) is 12.5. The second-order valence-corrected chi connectivity index (χ2v) is 6.12. The molecule has 140 valence electrons. The topological polar surface area (TPSA) is 72.7 Å². The van der Waals surface area contributed by atoms with Crippen LogP contribution in [0.1, 0.15) is 35.8 Å². The zero-order valence-corrected chi connectivity index (χ0v) is 14.5.